The van der Waals surface area contributed by atoms with Crippen LogP contribution in [-0.4, -0.2) is 29.1 Å². The van der Waals surface area contributed by atoms with Gasteiger partial charge in [-0.25, -0.2) is 0 Å². The van der Waals surface area contributed by atoms with Crippen molar-refractivity contribution in [1.82, 2.24) is 15.5 Å². The van der Waals surface area contributed by atoms with Crippen molar-refractivity contribution in [2.24, 2.45) is 5.92 Å². The molecule has 7 nitrogen and oxygen atoms in total. The maximum Gasteiger partial charge on any atom is 0.286 e. The van der Waals surface area contributed by atoms with Crippen LogP contribution in [0.2, 0.25) is 0 Å². The molecule has 9 heteroatoms. The average molecular weight is 431 g/mol. The van der Waals surface area contributed by atoms with E-state index in [9.17, 15) is 9.59 Å². The molecule has 0 radical (unpaired) electrons. The molecule has 1 aromatic carbocycles. The molecule has 2 aromatic heterocycles. The maximum atomic E-state index is 12.7. The first-order valence-corrected chi connectivity index (χ1v) is 10.7. The van der Waals surface area contributed by atoms with Crippen molar-refractivity contribution < 1.29 is 14.3 Å². The standard InChI is InChI=1S/C20H22N4O3S2/c1-12(2)17(15-5-4-10-28-15)22-18(25)13-6-8-14(9-7-13)21-19(26)20-24-23-16(29-20)11-27-3/h4-10,12,17H,11H2,1-3H3,(H,21,26)(H,22,25). The molecule has 1 atom stereocenters. The molecule has 0 aliphatic heterocycles. The molecule has 3 aromatic rings. The van der Waals surface area contributed by atoms with E-state index >= 15 is 0 Å². The van der Waals surface area contributed by atoms with Crippen LogP contribution in [-0.2, 0) is 11.3 Å². The Hall–Kier alpha value is -2.62. The summed E-state index contributed by atoms with van der Waals surface area (Å²) in [7, 11) is 1.56. The van der Waals surface area contributed by atoms with Crippen LogP contribution in [0.5, 0.6) is 0 Å². The van der Waals surface area contributed by atoms with Crippen molar-refractivity contribution >= 4 is 40.2 Å². The van der Waals surface area contributed by atoms with Crippen LogP contribution in [0.1, 0.15) is 49.9 Å². The zero-order chi connectivity index (χ0) is 20.8. The maximum absolute atomic E-state index is 12.7. The molecule has 0 saturated heterocycles. The number of rotatable bonds is 8. The van der Waals surface area contributed by atoms with E-state index < -0.39 is 0 Å². The van der Waals surface area contributed by atoms with Gasteiger partial charge in [0.05, 0.1) is 12.6 Å². The highest BCUT2D eigenvalue weighted by Crippen LogP contribution is 2.26. The monoisotopic (exact) mass is 430 g/mol. The van der Waals surface area contributed by atoms with Crippen LogP contribution in [0, 0.1) is 5.92 Å². The Morgan fingerprint density at radius 1 is 1.10 bits per heavy atom. The van der Waals surface area contributed by atoms with Gasteiger partial charge in [-0.05, 0) is 41.6 Å². The van der Waals surface area contributed by atoms with Gasteiger partial charge < -0.3 is 15.4 Å². The number of nitrogens with one attached hydrogen (secondary N) is 2. The van der Waals surface area contributed by atoms with Crippen molar-refractivity contribution in [3.05, 3.63) is 62.2 Å². The van der Waals surface area contributed by atoms with E-state index in [4.69, 9.17) is 4.74 Å². The summed E-state index contributed by atoms with van der Waals surface area (Å²) in [6, 6.07) is 10.7. The molecule has 2 amide bonds. The van der Waals surface area contributed by atoms with Crippen LogP contribution in [0.25, 0.3) is 0 Å². The van der Waals surface area contributed by atoms with Gasteiger partial charge in [-0.15, -0.1) is 21.5 Å². The minimum atomic E-state index is -0.348. The summed E-state index contributed by atoms with van der Waals surface area (Å²) in [6.45, 7) is 4.47. The van der Waals surface area contributed by atoms with Gasteiger partial charge in [0.2, 0.25) is 5.01 Å². The second-order valence-electron chi connectivity index (χ2n) is 6.68. The van der Waals surface area contributed by atoms with Crippen LogP contribution in [0.3, 0.4) is 0 Å². The number of nitrogens with zero attached hydrogens (tertiary/aromatic N) is 2. The number of thiophene rings is 1. The Kier molecular flexibility index (Phi) is 7.08. The van der Waals surface area contributed by atoms with Crippen LogP contribution in [0.4, 0.5) is 5.69 Å². The number of hydrogen-bond acceptors (Lipinski definition) is 7. The third-order valence-electron chi connectivity index (χ3n) is 4.14. The average Bonchev–Trinajstić information content (AvgIpc) is 3.39. The van der Waals surface area contributed by atoms with Crippen molar-refractivity contribution in [3.8, 4) is 0 Å². The Morgan fingerprint density at radius 2 is 1.86 bits per heavy atom. The molecule has 0 bridgehead atoms. The van der Waals surface area contributed by atoms with Gasteiger partial charge in [0, 0.05) is 23.2 Å². The van der Waals surface area contributed by atoms with Crippen molar-refractivity contribution in [3.63, 3.8) is 0 Å². The smallest absolute Gasteiger partial charge is 0.286 e. The number of benzene rings is 1. The van der Waals surface area contributed by atoms with Crippen LogP contribution in [0.15, 0.2) is 41.8 Å². The zero-order valence-electron chi connectivity index (χ0n) is 16.3. The van der Waals surface area contributed by atoms with Crippen molar-refractivity contribution in [1.29, 1.82) is 0 Å². The summed E-state index contributed by atoms with van der Waals surface area (Å²) in [6.07, 6.45) is 0. The van der Waals surface area contributed by atoms with Gasteiger partial charge in [-0.3, -0.25) is 9.59 Å². The fourth-order valence-electron chi connectivity index (χ4n) is 2.68. The zero-order valence-corrected chi connectivity index (χ0v) is 18.0. The van der Waals surface area contributed by atoms with Gasteiger partial charge in [0.15, 0.2) is 0 Å². The topological polar surface area (TPSA) is 93.2 Å². The highest BCUT2D eigenvalue weighted by Gasteiger charge is 2.20. The number of carbonyl (C=O) groups is 2. The highest BCUT2D eigenvalue weighted by atomic mass is 32.1. The molecule has 2 heterocycles. The summed E-state index contributed by atoms with van der Waals surface area (Å²) >= 11 is 2.81. The molecule has 1 unspecified atom stereocenters. The first-order valence-electron chi connectivity index (χ1n) is 9.05. The Morgan fingerprint density at radius 3 is 2.48 bits per heavy atom. The van der Waals surface area contributed by atoms with Gasteiger partial charge in [0.1, 0.15) is 5.01 Å². The largest absolute Gasteiger partial charge is 0.377 e. The molecule has 0 aliphatic carbocycles. The molecule has 2 N–H and O–H groups in total. The van der Waals surface area contributed by atoms with E-state index in [2.05, 4.69) is 34.7 Å². The van der Waals surface area contributed by atoms with Gasteiger partial charge in [0.25, 0.3) is 11.8 Å². The van der Waals surface area contributed by atoms with E-state index in [1.165, 1.54) is 11.3 Å². The SMILES string of the molecule is COCc1nnc(C(=O)Nc2ccc(C(=O)NC(c3cccs3)C(C)C)cc2)s1. The fourth-order valence-corrected chi connectivity index (χ4v) is 4.33. The highest BCUT2D eigenvalue weighted by molar-refractivity contribution is 7.13. The molecule has 3 rings (SSSR count). The minimum absolute atomic E-state index is 0.0411. The number of amides is 2. The molecule has 152 valence electrons. The number of anilines is 1. The predicted molar refractivity (Wildman–Crippen MR) is 114 cm³/mol. The normalized spacial score (nSPS) is 12.0. The predicted octanol–water partition coefficient (Wildman–Crippen LogP) is 4.13. The molecule has 0 spiro atoms. The summed E-state index contributed by atoms with van der Waals surface area (Å²) in [5.41, 5.74) is 1.11. The van der Waals surface area contributed by atoms with E-state index in [1.807, 2.05) is 17.5 Å². The first kappa shape index (κ1) is 21.1. The molecular weight excluding hydrogens is 408 g/mol. The van der Waals surface area contributed by atoms with Crippen molar-refractivity contribution in [2.75, 3.05) is 12.4 Å². The number of ether oxygens (including phenoxy) is 1. The number of hydrogen-bond donors (Lipinski definition) is 2. The number of aromatic nitrogens is 2. The summed E-state index contributed by atoms with van der Waals surface area (Å²) < 4.78 is 4.98. The number of methoxy groups -OCH3 is 1. The lowest BCUT2D eigenvalue weighted by molar-refractivity contribution is 0.0926. The lowest BCUT2D eigenvalue weighted by Gasteiger charge is -2.21. The lowest BCUT2D eigenvalue weighted by Crippen LogP contribution is -2.31. The van der Waals surface area contributed by atoms with Crippen LogP contribution < -0.4 is 10.6 Å². The van der Waals surface area contributed by atoms with Gasteiger partial charge in [-0.2, -0.15) is 0 Å². The second-order valence-corrected chi connectivity index (χ2v) is 8.72. The van der Waals surface area contributed by atoms with E-state index in [-0.39, 0.29) is 28.8 Å². The molecule has 0 fully saturated rings. The third kappa shape index (κ3) is 5.47. The van der Waals surface area contributed by atoms with Gasteiger partial charge >= 0.3 is 0 Å². The van der Waals surface area contributed by atoms with Gasteiger partial charge in [-0.1, -0.05) is 31.3 Å². The van der Waals surface area contributed by atoms with E-state index in [0.717, 1.165) is 4.88 Å². The van der Waals surface area contributed by atoms with E-state index in [0.29, 0.717) is 22.9 Å². The third-order valence-corrected chi connectivity index (χ3v) is 5.99. The summed E-state index contributed by atoms with van der Waals surface area (Å²) in [4.78, 5) is 26.1. The Balaban J connectivity index is 1.63. The molecular formula is C20H22N4O3S2. The lowest BCUT2D eigenvalue weighted by atomic mass is 10.0. The molecule has 29 heavy (non-hydrogen) atoms. The van der Waals surface area contributed by atoms with Crippen molar-refractivity contribution in [2.45, 2.75) is 26.5 Å². The Labute approximate surface area is 177 Å². The second kappa shape index (κ2) is 9.73. The summed E-state index contributed by atoms with van der Waals surface area (Å²) in [5.74, 6) is -0.228. The minimum Gasteiger partial charge on any atom is -0.377 e. The Bertz CT molecular complexity index is 953. The van der Waals surface area contributed by atoms with E-state index in [1.54, 1.807) is 42.7 Å². The number of carbonyl (C=O) groups excluding carboxylic acids is 2. The quantitative estimate of drug-likeness (QED) is 0.561. The fraction of sp³-hybridized carbons (Fsp3) is 0.300. The van der Waals surface area contributed by atoms with Crippen LogP contribution >= 0.6 is 22.7 Å². The summed E-state index contributed by atoms with van der Waals surface area (Å²) in [5, 5.41) is 16.5. The molecule has 0 aliphatic rings. The molecule has 0 saturated carbocycles. The first-order chi connectivity index (χ1) is 14.0.